The van der Waals surface area contributed by atoms with Crippen molar-refractivity contribution in [3.8, 4) is 11.5 Å². The number of nitrogens with one attached hydrogen (secondary N) is 1. The Hall–Kier alpha value is -2.23. The molecule has 22 heavy (non-hydrogen) atoms. The van der Waals surface area contributed by atoms with Crippen molar-refractivity contribution in [1.29, 1.82) is 0 Å². The number of hydrogen-bond acceptors (Lipinski definition) is 3. The zero-order valence-electron chi connectivity index (χ0n) is 14.0. The Morgan fingerprint density at radius 1 is 1.23 bits per heavy atom. The normalized spacial score (nSPS) is 11.8. The van der Waals surface area contributed by atoms with E-state index >= 15 is 0 Å². The summed E-state index contributed by atoms with van der Waals surface area (Å²) in [6.45, 7) is 6.74. The highest BCUT2D eigenvalue weighted by Gasteiger charge is 2.03. The third-order valence-electron chi connectivity index (χ3n) is 3.01. The van der Waals surface area contributed by atoms with Gasteiger partial charge in [-0.25, -0.2) is 0 Å². The maximum absolute atomic E-state index is 11.6. The average molecular weight is 303 g/mol. The molecule has 0 atom stereocenters. The Bertz CT molecular complexity index is 559. The number of rotatable bonds is 7. The van der Waals surface area contributed by atoms with E-state index in [0.717, 1.165) is 22.6 Å². The minimum atomic E-state index is -0.0804. The Balaban J connectivity index is 2.78. The minimum absolute atomic E-state index is 0.0804. The van der Waals surface area contributed by atoms with Crippen LogP contribution in [0, 0.1) is 5.92 Å². The molecule has 0 saturated carbocycles. The van der Waals surface area contributed by atoms with E-state index in [1.165, 1.54) is 0 Å². The number of hydrogen-bond donors (Lipinski definition) is 1. The Morgan fingerprint density at radius 2 is 1.95 bits per heavy atom. The highest BCUT2D eigenvalue weighted by atomic mass is 16.5. The van der Waals surface area contributed by atoms with Crippen LogP contribution >= 0.6 is 0 Å². The molecule has 4 heteroatoms. The van der Waals surface area contributed by atoms with Crippen molar-refractivity contribution < 1.29 is 14.3 Å². The van der Waals surface area contributed by atoms with Crippen molar-refractivity contribution >= 4 is 12.0 Å². The molecule has 1 amide bonds. The van der Waals surface area contributed by atoms with Crippen molar-refractivity contribution in [2.45, 2.75) is 20.8 Å². The summed E-state index contributed by atoms with van der Waals surface area (Å²) < 4.78 is 10.5. The molecule has 0 fully saturated rings. The quantitative estimate of drug-likeness (QED) is 0.620. The monoisotopic (exact) mass is 303 g/mol. The van der Waals surface area contributed by atoms with E-state index in [1.807, 2.05) is 31.2 Å². The van der Waals surface area contributed by atoms with Crippen molar-refractivity contribution in [2.24, 2.45) is 5.92 Å². The molecule has 0 saturated heterocycles. The molecule has 1 N–H and O–H groups in total. The summed E-state index contributed by atoms with van der Waals surface area (Å²) in [5.41, 5.74) is 1.90. The van der Waals surface area contributed by atoms with Crippen LogP contribution in [0.1, 0.15) is 26.3 Å². The van der Waals surface area contributed by atoms with Crippen LogP contribution in [0.5, 0.6) is 11.5 Å². The SMILES string of the molecule is COc1ccc(/C=C(C)/C=C/C(=O)NCC(C)C)c(OC)c1. The molecule has 0 heterocycles. The smallest absolute Gasteiger partial charge is 0.243 e. The second-order valence-corrected chi connectivity index (χ2v) is 5.47. The van der Waals surface area contributed by atoms with E-state index < -0.39 is 0 Å². The number of allylic oxidation sites excluding steroid dienone is 2. The molecule has 0 spiro atoms. The number of amides is 1. The van der Waals surface area contributed by atoms with Gasteiger partial charge in [0.1, 0.15) is 11.5 Å². The first-order valence-corrected chi connectivity index (χ1v) is 7.32. The first kappa shape index (κ1) is 17.8. The first-order valence-electron chi connectivity index (χ1n) is 7.32. The van der Waals surface area contributed by atoms with Gasteiger partial charge >= 0.3 is 0 Å². The van der Waals surface area contributed by atoms with Crippen LogP contribution < -0.4 is 14.8 Å². The predicted octanol–water partition coefficient (Wildman–Crippen LogP) is 3.44. The second kappa shape index (κ2) is 8.93. The molecular formula is C18H25NO3. The van der Waals surface area contributed by atoms with Crippen molar-refractivity contribution in [3.63, 3.8) is 0 Å². The van der Waals surface area contributed by atoms with E-state index in [4.69, 9.17) is 9.47 Å². The molecule has 0 aliphatic rings. The number of carbonyl (C=O) groups excluding carboxylic acids is 1. The summed E-state index contributed by atoms with van der Waals surface area (Å²) in [4.78, 5) is 11.6. The van der Waals surface area contributed by atoms with Crippen LogP contribution in [0.15, 0.2) is 35.9 Å². The molecule has 0 radical (unpaired) electrons. The Labute approximate surface area is 132 Å². The van der Waals surface area contributed by atoms with Crippen molar-refractivity contribution in [2.75, 3.05) is 20.8 Å². The van der Waals surface area contributed by atoms with Gasteiger partial charge in [0.25, 0.3) is 0 Å². The highest BCUT2D eigenvalue weighted by molar-refractivity contribution is 5.88. The lowest BCUT2D eigenvalue weighted by atomic mass is 10.1. The Morgan fingerprint density at radius 3 is 2.55 bits per heavy atom. The maximum atomic E-state index is 11.6. The van der Waals surface area contributed by atoms with Gasteiger partial charge in [0.15, 0.2) is 0 Å². The number of benzene rings is 1. The third kappa shape index (κ3) is 6.04. The van der Waals surface area contributed by atoms with E-state index in [-0.39, 0.29) is 5.91 Å². The maximum Gasteiger partial charge on any atom is 0.243 e. The van der Waals surface area contributed by atoms with Crippen molar-refractivity contribution in [1.82, 2.24) is 5.32 Å². The summed E-state index contributed by atoms with van der Waals surface area (Å²) in [7, 11) is 3.24. The van der Waals surface area contributed by atoms with Gasteiger partial charge in [-0.2, -0.15) is 0 Å². The van der Waals surface area contributed by atoms with Crippen LogP contribution in [0.25, 0.3) is 6.08 Å². The molecule has 0 aliphatic heterocycles. The van der Waals surface area contributed by atoms with Gasteiger partial charge in [-0.1, -0.05) is 25.5 Å². The van der Waals surface area contributed by atoms with Crippen LogP contribution in [-0.2, 0) is 4.79 Å². The molecule has 1 rings (SSSR count). The average Bonchev–Trinajstić information content (AvgIpc) is 2.51. The summed E-state index contributed by atoms with van der Waals surface area (Å²) in [6, 6.07) is 5.63. The summed E-state index contributed by atoms with van der Waals surface area (Å²) in [5.74, 6) is 1.84. The largest absolute Gasteiger partial charge is 0.497 e. The number of methoxy groups -OCH3 is 2. The fourth-order valence-corrected chi connectivity index (χ4v) is 1.80. The molecule has 1 aromatic rings. The molecule has 1 aromatic carbocycles. The fourth-order valence-electron chi connectivity index (χ4n) is 1.80. The lowest BCUT2D eigenvalue weighted by molar-refractivity contribution is -0.116. The molecule has 0 aromatic heterocycles. The topological polar surface area (TPSA) is 47.6 Å². The van der Waals surface area contributed by atoms with E-state index in [2.05, 4.69) is 19.2 Å². The zero-order valence-corrected chi connectivity index (χ0v) is 14.0. The third-order valence-corrected chi connectivity index (χ3v) is 3.01. The van der Waals surface area contributed by atoms with E-state index in [0.29, 0.717) is 12.5 Å². The Kier molecular flexibility index (Phi) is 7.23. The number of ether oxygens (including phenoxy) is 2. The van der Waals surface area contributed by atoms with Gasteiger partial charge in [0.05, 0.1) is 14.2 Å². The molecule has 4 nitrogen and oxygen atoms in total. The molecular weight excluding hydrogens is 278 g/mol. The van der Waals surface area contributed by atoms with E-state index in [9.17, 15) is 4.79 Å². The van der Waals surface area contributed by atoms with Gasteiger partial charge in [0, 0.05) is 24.3 Å². The molecule has 120 valence electrons. The standard InChI is InChI=1S/C18H25NO3/c1-13(2)12-19-18(20)9-6-14(3)10-15-7-8-16(21-4)11-17(15)22-5/h6-11,13H,12H2,1-5H3,(H,19,20)/b9-6+,14-10+. The molecule has 0 unspecified atom stereocenters. The summed E-state index contributed by atoms with van der Waals surface area (Å²) >= 11 is 0. The highest BCUT2D eigenvalue weighted by Crippen LogP contribution is 2.26. The number of carbonyl (C=O) groups is 1. The zero-order chi connectivity index (χ0) is 16.5. The predicted molar refractivity (Wildman–Crippen MR) is 90.2 cm³/mol. The first-order chi connectivity index (χ1) is 10.5. The van der Waals surface area contributed by atoms with Gasteiger partial charge < -0.3 is 14.8 Å². The summed E-state index contributed by atoms with van der Waals surface area (Å²) in [5, 5.41) is 2.84. The lowest BCUT2D eigenvalue weighted by Crippen LogP contribution is -2.25. The molecule has 0 aliphatic carbocycles. The summed E-state index contributed by atoms with van der Waals surface area (Å²) in [6.07, 6.45) is 5.30. The van der Waals surface area contributed by atoms with Gasteiger partial charge in [-0.05, 0) is 31.1 Å². The second-order valence-electron chi connectivity index (χ2n) is 5.47. The minimum Gasteiger partial charge on any atom is -0.497 e. The lowest BCUT2D eigenvalue weighted by Gasteiger charge is -2.08. The van der Waals surface area contributed by atoms with Gasteiger partial charge in [-0.3, -0.25) is 4.79 Å². The van der Waals surface area contributed by atoms with Crippen LogP contribution in [0.2, 0.25) is 0 Å². The van der Waals surface area contributed by atoms with E-state index in [1.54, 1.807) is 26.4 Å². The van der Waals surface area contributed by atoms with Crippen LogP contribution in [0.3, 0.4) is 0 Å². The van der Waals surface area contributed by atoms with Gasteiger partial charge in [-0.15, -0.1) is 0 Å². The molecule has 0 bridgehead atoms. The van der Waals surface area contributed by atoms with Gasteiger partial charge in [0.2, 0.25) is 5.91 Å². The fraction of sp³-hybridized carbons (Fsp3) is 0.389. The van der Waals surface area contributed by atoms with Crippen LogP contribution in [-0.4, -0.2) is 26.7 Å². The van der Waals surface area contributed by atoms with Crippen LogP contribution in [0.4, 0.5) is 0 Å². The van der Waals surface area contributed by atoms with Crippen molar-refractivity contribution in [3.05, 3.63) is 41.5 Å².